The summed E-state index contributed by atoms with van der Waals surface area (Å²) in [5, 5.41) is 19.1. The Bertz CT molecular complexity index is 1900. The van der Waals surface area contributed by atoms with Gasteiger partial charge in [0.05, 0.1) is 24.0 Å². The number of aromatic amines is 1. The van der Waals surface area contributed by atoms with Crippen LogP contribution in [0.5, 0.6) is 0 Å². The van der Waals surface area contributed by atoms with Gasteiger partial charge in [0, 0.05) is 23.6 Å². The number of nitrogens with zero attached hydrogens (tertiary/aromatic N) is 5. The van der Waals surface area contributed by atoms with Gasteiger partial charge < -0.3 is 9.84 Å². The van der Waals surface area contributed by atoms with E-state index in [1.807, 2.05) is 71.5 Å². The van der Waals surface area contributed by atoms with Crippen molar-refractivity contribution in [1.82, 2.24) is 29.3 Å². The van der Waals surface area contributed by atoms with Crippen LogP contribution in [0.25, 0.3) is 28.3 Å². The summed E-state index contributed by atoms with van der Waals surface area (Å²) in [5.74, 6) is 0.362. The van der Waals surface area contributed by atoms with Crippen LogP contribution in [0.4, 0.5) is 0 Å². The zero-order chi connectivity index (χ0) is 32.3. The molecule has 3 aromatic heterocycles. The number of H-pyrrole nitrogens is 1. The molecule has 1 saturated carbocycles. The number of aliphatic hydroxyl groups is 1. The van der Waals surface area contributed by atoms with Crippen molar-refractivity contribution in [3.63, 3.8) is 0 Å². The number of aryl methyl sites for hydroxylation is 1. The zero-order valence-electron chi connectivity index (χ0n) is 26.7. The first kappa shape index (κ1) is 35.6. The number of nitrogens with one attached hydrogen (secondary N) is 1. The van der Waals surface area contributed by atoms with Gasteiger partial charge in [-0.3, -0.25) is 18.9 Å². The van der Waals surface area contributed by atoms with E-state index in [1.54, 1.807) is 0 Å². The first-order valence-electron chi connectivity index (χ1n) is 16.4. The normalized spacial score (nSPS) is 16.8. The summed E-state index contributed by atoms with van der Waals surface area (Å²) in [6, 6.07) is 15.8. The quantitative estimate of drug-likeness (QED) is 0.180. The third-order valence-corrected chi connectivity index (χ3v) is 9.49. The molecule has 12 heteroatoms. The van der Waals surface area contributed by atoms with E-state index in [1.165, 1.54) is 6.33 Å². The van der Waals surface area contributed by atoms with E-state index in [0.717, 1.165) is 65.6 Å². The van der Waals surface area contributed by atoms with Crippen LogP contribution in [-0.2, 0) is 17.6 Å². The topological polar surface area (TPSA) is 141 Å². The molecule has 0 amide bonds. The Balaban J connectivity index is 0.00000433. The Hall–Kier alpha value is -2.71. The Labute approximate surface area is 316 Å². The van der Waals surface area contributed by atoms with Gasteiger partial charge in [-0.15, -0.1) is 0 Å². The number of benzene rings is 2. The predicted molar refractivity (Wildman–Crippen MR) is 182 cm³/mol. The van der Waals surface area contributed by atoms with Gasteiger partial charge in [0.1, 0.15) is 6.33 Å². The molecule has 3 heterocycles. The molecule has 0 unspecified atom stereocenters. The Morgan fingerprint density at radius 2 is 1.70 bits per heavy atom. The van der Waals surface area contributed by atoms with E-state index < -0.39 is 11.4 Å². The average molecular weight is 667 g/mol. The Morgan fingerprint density at radius 1 is 1.00 bits per heavy atom. The number of hydrogen-bond acceptors (Lipinski definition) is 8. The van der Waals surface area contributed by atoms with Gasteiger partial charge in [-0.1, -0.05) is 80.9 Å². The minimum absolute atomic E-state index is 0. The molecule has 0 radical (unpaired) electrons. The maximum atomic E-state index is 14.4. The second-order valence-electron chi connectivity index (χ2n) is 12.4. The summed E-state index contributed by atoms with van der Waals surface area (Å²) < 4.78 is 14.6. The number of rotatable bonds is 12. The summed E-state index contributed by atoms with van der Waals surface area (Å²) in [6.07, 6.45) is 8.19. The van der Waals surface area contributed by atoms with Crippen LogP contribution in [0.3, 0.4) is 0 Å². The summed E-state index contributed by atoms with van der Waals surface area (Å²) >= 11 is 0. The van der Waals surface area contributed by atoms with Gasteiger partial charge in [0.25, 0.3) is 5.56 Å². The van der Waals surface area contributed by atoms with Crippen LogP contribution >= 0.6 is 0 Å². The summed E-state index contributed by atoms with van der Waals surface area (Å²) in [4.78, 5) is 33.1. The third-order valence-electron chi connectivity index (χ3n) is 9.49. The molecule has 2 aromatic carbocycles. The summed E-state index contributed by atoms with van der Waals surface area (Å²) in [6.45, 7) is 6.41. The molecule has 11 nitrogen and oxygen atoms in total. The minimum atomic E-state index is -0.787. The van der Waals surface area contributed by atoms with Crippen molar-refractivity contribution < 1.29 is 14.4 Å². The van der Waals surface area contributed by atoms with Crippen LogP contribution in [0, 0.1) is 0 Å². The molecule has 1 aliphatic carbocycles. The molecule has 1 fully saturated rings. The fourth-order valence-corrected chi connectivity index (χ4v) is 6.57. The van der Waals surface area contributed by atoms with Gasteiger partial charge in [0.15, 0.2) is 5.82 Å². The number of hydrogen-bond donors (Lipinski definition) is 2. The number of fused-ring (bicyclic) bond motifs is 1. The van der Waals surface area contributed by atoms with Crippen molar-refractivity contribution in [3.05, 3.63) is 92.6 Å². The number of ether oxygens (including phenoxy) is 1. The monoisotopic (exact) mass is 666 g/mol. The van der Waals surface area contributed by atoms with Crippen molar-refractivity contribution >= 4 is 57.2 Å². The van der Waals surface area contributed by atoms with Crippen LogP contribution < -0.4 is 11.3 Å². The van der Waals surface area contributed by atoms with Gasteiger partial charge in [0.2, 0.25) is 5.78 Å². The van der Waals surface area contributed by atoms with E-state index >= 15 is 0 Å². The molecule has 1 aliphatic rings. The molecular formula is C35H43KN6O5. The molecular weight excluding hydrogens is 624 g/mol. The van der Waals surface area contributed by atoms with Crippen LogP contribution in [-0.4, -0.2) is 104 Å². The Morgan fingerprint density at radius 3 is 2.34 bits per heavy atom. The van der Waals surface area contributed by atoms with Crippen LogP contribution in [0.1, 0.15) is 88.6 Å². The van der Waals surface area contributed by atoms with Crippen molar-refractivity contribution in [2.75, 3.05) is 6.61 Å². The van der Waals surface area contributed by atoms with Crippen LogP contribution in [0.2, 0.25) is 0 Å². The number of aromatic nitrogens is 6. The molecule has 2 N–H and O–H groups in total. The van der Waals surface area contributed by atoms with Gasteiger partial charge >= 0.3 is 57.1 Å². The first-order valence-corrected chi connectivity index (χ1v) is 16.4. The van der Waals surface area contributed by atoms with Gasteiger partial charge in [-0.25, -0.2) is 9.31 Å². The van der Waals surface area contributed by atoms with E-state index in [2.05, 4.69) is 27.1 Å². The maximum absolute atomic E-state index is 14.4. The van der Waals surface area contributed by atoms with E-state index in [0.29, 0.717) is 43.9 Å². The molecule has 0 spiro atoms. The molecule has 0 saturated heterocycles. The van der Waals surface area contributed by atoms with Gasteiger partial charge in [-0.2, -0.15) is 10.1 Å². The van der Waals surface area contributed by atoms with E-state index in [-0.39, 0.29) is 69.1 Å². The van der Waals surface area contributed by atoms with Gasteiger partial charge in [-0.05, 0) is 61.6 Å². The van der Waals surface area contributed by atoms with Crippen molar-refractivity contribution in [2.45, 2.75) is 96.3 Å². The zero-order valence-corrected chi connectivity index (χ0v) is 26.7. The average Bonchev–Trinajstić information content (AvgIpc) is 3.75. The molecule has 244 valence electrons. The third kappa shape index (κ3) is 7.64. The predicted octanol–water partition coefficient (Wildman–Crippen LogP) is 4.85. The fraction of sp³-hybridized carbons (Fsp3) is 0.457. The fourth-order valence-electron chi connectivity index (χ4n) is 6.57. The molecule has 0 aliphatic heterocycles. The molecule has 5 aromatic rings. The molecule has 0 bridgehead atoms. The second-order valence-corrected chi connectivity index (χ2v) is 12.4. The van der Waals surface area contributed by atoms with Crippen molar-refractivity contribution in [3.8, 4) is 22.5 Å². The molecule has 0 atom stereocenters. The summed E-state index contributed by atoms with van der Waals surface area (Å²) in [5.41, 5.74) is 4.47. The van der Waals surface area contributed by atoms with E-state index in [9.17, 15) is 14.7 Å². The summed E-state index contributed by atoms with van der Waals surface area (Å²) in [7, 11) is 0. The molecule has 47 heavy (non-hydrogen) atoms. The second kappa shape index (κ2) is 15.7. The Kier molecular flexibility index (Phi) is 11.9. The van der Waals surface area contributed by atoms with E-state index in [4.69, 9.17) is 9.26 Å². The standard InChI is InChI=1S/C35H42N6O5.K.H/c1-4-9-30-29(20-23-12-14-24(15-13-23)27-10-7-8-11-28(27)31-38-34(43)46-39-31)32(42)40(33-36-22-37-41(30)33)25-16-18-26(19-17-25)45-21-35(44,5-2)6-3;;/h7-8,10-15,22,25-26,44H,4-6,9,16-21H2,1-3H3,(H,38,39,43);;. The SMILES string of the molecule is CCCc1c(Cc2ccc(-c3ccccc3-c3noc(=O)[nH]3)cc2)c(=O)n(C2CCC(OCC(O)(CC)CC)CC2)c2ncnn12.[KH]. The van der Waals surface area contributed by atoms with Crippen LogP contribution in [0.15, 0.2) is 69.0 Å². The first-order chi connectivity index (χ1) is 22.3. The van der Waals surface area contributed by atoms with Crippen molar-refractivity contribution in [2.24, 2.45) is 0 Å². The molecule has 6 rings (SSSR count). The van der Waals surface area contributed by atoms with Crippen molar-refractivity contribution in [1.29, 1.82) is 0 Å².